The van der Waals surface area contributed by atoms with Crippen LogP contribution in [0.3, 0.4) is 0 Å². The molecule has 0 fully saturated rings. The number of halogens is 1. The number of carbonyl (C=O) groups excluding carboxylic acids is 2. The molecule has 0 aliphatic carbocycles. The second kappa shape index (κ2) is 9.15. The highest BCUT2D eigenvalue weighted by Crippen LogP contribution is 2.48. The highest BCUT2D eigenvalue weighted by Gasteiger charge is 2.46. The van der Waals surface area contributed by atoms with Crippen LogP contribution < -0.4 is 19.5 Å². The molecular formula is C27H25ClN2O5. The zero-order chi connectivity index (χ0) is 24.7. The van der Waals surface area contributed by atoms with E-state index in [0.29, 0.717) is 52.1 Å². The van der Waals surface area contributed by atoms with Gasteiger partial charge < -0.3 is 24.4 Å². The molecule has 0 saturated heterocycles. The Morgan fingerprint density at radius 1 is 0.943 bits per heavy atom. The molecule has 2 atom stereocenters. The molecule has 35 heavy (non-hydrogen) atoms. The molecule has 0 bridgehead atoms. The molecule has 7 nitrogen and oxygen atoms in total. The maximum absolute atomic E-state index is 13.9. The van der Waals surface area contributed by atoms with Gasteiger partial charge in [0.2, 0.25) is 5.91 Å². The van der Waals surface area contributed by atoms with Gasteiger partial charge in [-0.15, -0.1) is 0 Å². The lowest BCUT2D eigenvalue weighted by Gasteiger charge is -2.45. The van der Waals surface area contributed by atoms with E-state index in [1.807, 2.05) is 30.3 Å². The van der Waals surface area contributed by atoms with Crippen LogP contribution in [0.25, 0.3) is 0 Å². The van der Waals surface area contributed by atoms with E-state index >= 15 is 0 Å². The SMILES string of the molecule is COc1ccc(NC(=O)C2c3ccccc3C(=O)N3CCc4cc(OC)c(OC)cc4C23)cc1Cl. The zero-order valence-corrected chi connectivity index (χ0v) is 20.4. The molecule has 2 aliphatic heterocycles. The van der Waals surface area contributed by atoms with Gasteiger partial charge in [0.25, 0.3) is 5.91 Å². The third-order valence-corrected chi connectivity index (χ3v) is 7.02. The second-order valence-electron chi connectivity index (χ2n) is 8.50. The van der Waals surface area contributed by atoms with Crippen molar-refractivity contribution in [1.29, 1.82) is 0 Å². The summed E-state index contributed by atoms with van der Waals surface area (Å²) in [5.41, 5.74) is 3.69. The van der Waals surface area contributed by atoms with Gasteiger partial charge in [-0.25, -0.2) is 0 Å². The van der Waals surface area contributed by atoms with E-state index in [1.54, 1.807) is 43.4 Å². The molecule has 1 N–H and O–H groups in total. The van der Waals surface area contributed by atoms with Crippen LogP contribution in [0.1, 0.15) is 39.0 Å². The predicted octanol–water partition coefficient (Wildman–Crippen LogP) is 4.84. The maximum Gasteiger partial charge on any atom is 0.254 e. The predicted molar refractivity (Wildman–Crippen MR) is 133 cm³/mol. The third kappa shape index (κ3) is 3.86. The van der Waals surface area contributed by atoms with Crippen LogP contribution in [-0.2, 0) is 11.2 Å². The van der Waals surface area contributed by atoms with Crippen LogP contribution in [0.15, 0.2) is 54.6 Å². The van der Waals surface area contributed by atoms with Gasteiger partial charge in [-0.05, 0) is 59.5 Å². The Labute approximate surface area is 208 Å². The van der Waals surface area contributed by atoms with Crippen molar-refractivity contribution in [3.8, 4) is 17.2 Å². The Morgan fingerprint density at radius 3 is 2.37 bits per heavy atom. The maximum atomic E-state index is 13.9. The number of anilines is 1. The van der Waals surface area contributed by atoms with Crippen LogP contribution in [-0.4, -0.2) is 44.6 Å². The van der Waals surface area contributed by atoms with Crippen molar-refractivity contribution in [1.82, 2.24) is 4.90 Å². The minimum absolute atomic E-state index is 0.0809. The second-order valence-corrected chi connectivity index (χ2v) is 8.91. The monoisotopic (exact) mass is 492 g/mol. The van der Waals surface area contributed by atoms with Crippen molar-refractivity contribution in [2.75, 3.05) is 33.2 Å². The number of amides is 2. The largest absolute Gasteiger partial charge is 0.495 e. The first-order valence-electron chi connectivity index (χ1n) is 11.3. The van der Waals surface area contributed by atoms with E-state index in [2.05, 4.69) is 5.32 Å². The lowest BCUT2D eigenvalue weighted by atomic mass is 9.75. The average molecular weight is 493 g/mol. The molecule has 2 aliphatic rings. The molecule has 2 amide bonds. The molecule has 2 unspecified atom stereocenters. The van der Waals surface area contributed by atoms with Crippen molar-refractivity contribution >= 4 is 29.1 Å². The van der Waals surface area contributed by atoms with Gasteiger partial charge in [0.1, 0.15) is 5.75 Å². The minimum Gasteiger partial charge on any atom is -0.495 e. The van der Waals surface area contributed by atoms with E-state index < -0.39 is 12.0 Å². The van der Waals surface area contributed by atoms with Gasteiger partial charge in [-0.2, -0.15) is 0 Å². The number of carbonyl (C=O) groups is 2. The molecular weight excluding hydrogens is 468 g/mol. The summed E-state index contributed by atoms with van der Waals surface area (Å²) in [6, 6.07) is 15.7. The number of fused-ring (bicyclic) bond motifs is 4. The molecule has 0 spiro atoms. The number of hydrogen-bond acceptors (Lipinski definition) is 5. The van der Waals surface area contributed by atoms with Crippen molar-refractivity contribution in [2.24, 2.45) is 0 Å². The number of methoxy groups -OCH3 is 3. The number of nitrogens with one attached hydrogen (secondary N) is 1. The fraction of sp³-hybridized carbons (Fsp3) is 0.259. The third-order valence-electron chi connectivity index (χ3n) is 6.73. The highest BCUT2D eigenvalue weighted by molar-refractivity contribution is 6.32. The van der Waals surface area contributed by atoms with Gasteiger partial charge in [0.05, 0.1) is 38.3 Å². The fourth-order valence-electron chi connectivity index (χ4n) is 5.10. The van der Waals surface area contributed by atoms with Crippen LogP contribution >= 0.6 is 11.6 Å². The van der Waals surface area contributed by atoms with Gasteiger partial charge >= 0.3 is 0 Å². The number of nitrogens with zero attached hydrogens (tertiary/aromatic N) is 1. The average Bonchev–Trinajstić information content (AvgIpc) is 2.88. The standard InChI is InChI=1S/C27H25ClN2O5/c1-33-21-9-8-16(13-20(21)28)29-26(31)24-17-6-4-5-7-18(17)27(32)30-11-10-15-12-22(34-2)23(35-3)14-19(15)25(24)30/h4-9,12-14,24-25H,10-11H2,1-3H3,(H,29,31). The van der Waals surface area contributed by atoms with Gasteiger partial charge in [0, 0.05) is 17.8 Å². The summed E-state index contributed by atoms with van der Waals surface area (Å²) in [6.45, 7) is 0.498. The lowest BCUT2D eigenvalue weighted by Crippen LogP contribution is -2.49. The molecule has 0 radical (unpaired) electrons. The molecule has 3 aromatic carbocycles. The molecule has 2 heterocycles. The molecule has 8 heteroatoms. The number of benzene rings is 3. The Morgan fingerprint density at radius 2 is 1.66 bits per heavy atom. The number of ether oxygens (including phenoxy) is 3. The van der Waals surface area contributed by atoms with E-state index in [-0.39, 0.29) is 11.8 Å². The van der Waals surface area contributed by atoms with Crippen molar-refractivity contribution in [2.45, 2.75) is 18.4 Å². The lowest BCUT2D eigenvalue weighted by molar-refractivity contribution is -0.119. The van der Waals surface area contributed by atoms with Crippen LogP contribution in [0.2, 0.25) is 5.02 Å². The van der Waals surface area contributed by atoms with Gasteiger partial charge in [0.15, 0.2) is 11.5 Å². The summed E-state index contributed by atoms with van der Waals surface area (Å²) in [4.78, 5) is 29.1. The molecule has 0 aromatic heterocycles. The van der Waals surface area contributed by atoms with Crippen molar-refractivity contribution < 1.29 is 23.8 Å². The van der Waals surface area contributed by atoms with Crippen LogP contribution in [0.5, 0.6) is 17.2 Å². The van der Waals surface area contributed by atoms with E-state index in [4.69, 9.17) is 25.8 Å². The summed E-state index contributed by atoms with van der Waals surface area (Å²) in [5, 5.41) is 3.40. The topological polar surface area (TPSA) is 77.1 Å². The first-order chi connectivity index (χ1) is 17.0. The molecule has 0 saturated carbocycles. The Balaban J connectivity index is 1.62. The summed E-state index contributed by atoms with van der Waals surface area (Å²) in [7, 11) is 4.70. The van der Waals surface area contributed by atoms with E-state index in [0.717, 1.165) is 11.1 Å². The smallest absolute Gasteiger partial charge is 0.254 e. The number of rotatable bonds is 5. The molecule has 3 aromatic rings. The molecule has 180 valence electrons. The van der Waals surface area contributed by atoms with Gasteiger partial charge in [-0.3, -0.25) is 9.59 Å². The van der Waals surface area contributed by atoms with Crippen LogP contribution in [0, 0.1) is 0 Å². The fourth-order valence-corrected chi connectivity index (χ4v) is 5.36. The van der Waals surface area contributed by atoms with Gasteiger partial charge in [-0.1, -0.05) is 29.8 Å². The Bertz CT molecular complexity index is 1320. The summed E-state index contributed by atoms with van der Waals surface area (Å²) < 4.78 is 16.3. The highest BCUT2D eigenvalue weighted by atomic mass is 35.5. The summed E-state index contributed by atoms with van der Waals surface area (Å²) in [5.74, 6) is 0.747. The Kier molecular flexibility index (Phi) is 6.03. The van der Waals surface area contributed by atoms with E-state index in [9.17, 15) is 9.59 Å². The quantitative estimate of drug-likeness (QED) is 0.551. The van der Waals surface area contributed by atoms with Crippen LogP contribution in [0.4, 0.5) is 5.69 Å². The van der Waals surface area contributed by atoms with Crippen molar-refractivity contribution in [3.63, 3.8) is 0 Å². The minimum atomic E-state index is -0.637. The summed E-state index contributed by atoms with van der Waals surface area (Å²) >= 11 is 6.28. The molecule has 5 rings (SSSR count). The number of hydrogen-bond donors (Lipinski definition) is 1. The van der Waals surface area contributed by atoms with E-state index in [1.165, 1.54) is 7.11 Å². The zero-order valence-electron chi connectivity index (χ0n) is 19.6. The van der Waals surface area contributed by atoms with Crippen molar-refractivity contribution in [3.05, 3.63) is 81.9 Å². The summed E-state index contributed by atoms with van der Waals surface area (Å²) in [6.07, 6.45) is 0.655. The normalized spacial score (nSPS) is 18.2. The first-order valence-corrected chi connectivity index (χ1v) is 11.6. The Hall–Kier alpha value is -3.71. The first kappa shape index (κ1) is 23.1.